The number of anilines is 1. The third-order valence-corrected chi connectivity index (χ3v) is 4.43. The molecule has 148 valence electrons. The summed E-state index contributed by atoms with van der Waals surface area (Å²) in [5, 5.41) is 2.78. The molecule has 0 saturated heterocycles. The molecule has 2 aromatic carbocycles. The Morgan fingerprint density at radius 3 is 2.25 bits per heavy atom. The van der Waals surface area contributed by atoms with Crippen LogP contribution in [0.15, 0.2) is 54.6 Å². The number of hydrogen-bond acceptors (Lipinski definition) is 4. The van der Waals surface area contributed by atoms with Crippen LogP contribution in [-0.4, -0.2) is 43.0 Å². The lowest BCUT2D eigenvalue weighted by Crippen LogP contribution is -2.27. The van der Waals surface area contributed by atoms with E-state index in [0.29, 0.717) is 17.9 Å². The fourth-order valence-electron chi connectivity index (χ4n) is 2.61. The molecule has 0 atom stereocenters. The summed E-state index contributed by atoms with van der Waals surface area (Å²) in [7, 11) is 0. The molecule has 28 heavy (non-hydrogen) atoms. The number of carbonyl (C=O) groups excluding carboxylic acids is 2. The highest BCUT2D eigenvalue weighted by Gasteiger charge is 2.08. The molecule has 0 radical (unpaired) electrons. The van der Waals surface area contributed by atoms with Gasteiger partial charge in [0.2, 0.25) is 5.91 Å². The van der Waals surface area contributed by atoms with Crippen LogP contribution in [0.2, 0.25) is 0 Å². The second kappa shape index (κ2) is 11.0. The van der Waals surface area contributed by atoms with Gasteiger partial charge in [0, 0.05) is 18.3 Å². The highest BCUT2D eigenvalue weighted by atomic mass is 16.5. The zero-order chi connectivity index (χ0) is 20.4. The number of benzene rings is 2. The number of rotatable bonds is 9. The van der Waals surface area contributed by atoms with Gasteiger partial charge < -0.3 is 15.0 Å². The number of nitrogens with zero attached hydrogens (tertiary/aromatic N) is 1. The van der Waals surface area contributed by atoms with E-state index in [9.17, 15) is 9.59 Å². The van der Waals surface area contributed by atoms with Crippen LogP contribution >= 0.6 is 0 Å². The molecule has 0 spiro atoms. The van der Waals surface area contributed by atoms with Gasteiger partial charge >= 0.3 is 5.97 Å². The number of likely N-dealkylation sites (N-methyl/N-ethyl adjacent to an activating group) is 1. The lowest BCUT2D eigenvalue weighted by atomic mass is 10.1. The van der Waals surface area contributed by atoms with Crippen molar-refractivity contribution in [3.63, 3.8) is 0 Å². The number of ether oxygens (including phenoxy) is 1. The first-order valence-electron chi connectivity index (χ1n) is 9.57. The summed E-state index contributed by atoms with van der Waals surface area (Å²) >= 11 is 0. The van der Waals surface area contributed by atoms with Crippen LogP contribution in [0.25, 0.3) is 6.08 Å². The van der Waals surface area contributed by atoms with Crippen molar-refractivity contribution in [2.45, 2.75) is 20.8 Å². The summed E-state index contributed by atoms with van der Waals surface area (Å²) in [5.74, 6) is -0.584. The van der Waals surface area contributed by atoms with E-state index in [-0.39, 0.29) is 11.9 Å². The molecule has 0 unspecified atom stereocenters. The summed E-state index contributed by atoms with van der Waals surface area (Å²) in [6.07, 6.45) is 3.25. The number of aryl methyl sites for hydroxylation is 1. The number of esters is 1. The number of nitrogens with one attached hydrogen (secondary N) is 1. The van der Waals surface area contributed by atoms with Crippen molar-refractivity contribution in [3.8, 4) is 0 Å². The second-order valence-electron chi connectivity index (χ2n) is 6.47. The molecule has 0 aromatic heterocycles. The molecule has 0 saturated carbocycles. The first-order chi connectivity index (χ1) is 13.5. The molecule has 0 aliphatic carbocycles. The Labute approximate surface area is 167 Å². The topological polar surface area (TPSA) is 58.6 Å². The molecule has 0 bridgehead atoms. The second-order valence-corrected chi connectivity index (χ2v) is 6.47. The molecule has 5 nitrogen and oxygen atoms in total. The van der Waals surface area contributed by atoms with Gasteiger partial charge in [-0.3, -0.25) is 4.79 Å². The van der Waals surface area contributed by atoms with Crippen molar-refractivity contribution >= 4 is 23.6 Å². The minimum Gasteiger partial charge on any atom is -0.461 e. The van der Waals surface area contributed by atoms with E-state index in [2.05, 4.69) is 24.1 Å². The lowest BCUT2D eigenvalue weighted by molar-refractivity contribution is -0.111. The van der Waals surface area contributed by atoms with Gasteiger partial charge in [-0.15, -0.1) is 0 Å². The smallest absolute Gasteiger partial charge is 0.338 e. The van der Waals surface area contributed by atoms with Crippen molar-refractivity contribution in [3.05, 3.63) is 71.3 Å². The van der Waals surface area contributed by atoms with E-state index in [0.717, 1.165) is 25.2 Å². The van der Waals surface area contributed by atoms with E-state index >= 15 is 0 Å². The standard InChI is InChI=1S/C23H28N2O3/c1-4-25(5-2)16-17-28-23(27)20-11-13-21(14-12-20)24-22(26)15-10-19-8-6-18(3)7-9-19/h6-15H,4-5,16-17H2,1-3H3,(H,24,26)/b15-10+. The van der Waals surface area contributed by atoms with E-state index in [1.54, 1.807) is 30.3 Å². The number of amides is 1. The maximum atomic E-state index is 12.1. The third kappa shape index (κ3) is 7.00. The summed E-state index contributed by atoms with van der Waals surface area (Å²) in [6, 6.07) is 14.6. The fraction of sp³-hybridized carbons (Fsp3) is 0.304. The maximum absolute atomic E-state index is 12.1. The van der Waals surface area contributed by atoms with Gasteiger partial charge in [-0.05, 0) is 55.9 Å². The monoisotopic (exact) mass is 380 g/mol. The Bertz CT molecular complexity index is 792. The van der Waals surface area contributed by atoms with Crippen LogP contribution in [0, 0.1) is 6.92 Å². The Morgan fingerprint density at radius 1 is 1.00 bits per heavy atom. The molecule has 0 fully saturated rings. The molecule has 0 aliphatic rings. The van der Waals surface area contributed by atoms with Crippen LogP contribution < -0.4 is 5.32 Å². The maximum Gasteiger partial charge on any atom is 0.338 e. The average Bonchev–Trinajstić information content (AvgIpc) is 2.71. The highest BCUT2D eigenvalue weighted by molar-refractivity contribution is 6.02. The summed E-state index contributed by atoms with van der Waals surface area (Å²) in [6.45, 7) is 9.12. The molecule has 2 aromatic rings. The Hall–Kier alpha value is -2.92. The summed E-state index contributed by atoms with van der Waals surface area (Å²) in [5.41, 5.74) is 3.22. The molecule has 1 amide bonds. The van der Waals surface area contributed by atoms with Crippen molar-refractivity contribution in [1.82, 2.24) is 4.90 Å². The molecule has 2 rings (SSSR count). The van der Waals surface area contributed by atoms with E-state index in [1.807, 2.05) is 31.2 Å². The van der Waals surface area contributed by atoms with Crippen molar-refractivity contribution < 1.29 is 14.3 Å². The van der Waals surface area contributed by atoms with Gasteiger partial charge in [0.25, 0.3) is 0 Å². The predicted molar refractivity (Wildman–Crippen MR) is 113 cm³/mol. The molecular formula is C23H28N2O3. The van der Waals surface area contributed by atoms with Crippen LogP contribution in [-0.2, 0) is 9.53 Å². The largest absolute Gasteiger partial charge is 0.461 e. The number of hydrogen-bond donors (Lipinski definition) is 1. The predicted octanol–water partition coefficient (Wildman–Crippen LogP) is 4.15. The number of carbonyl (C=O) groups is 2. The van der Waals surface area contributed by atoms with Gasteiger partial charge in [-0.1, -0.05) is 43.7 Å². The molecule has 5 heteroatoms. The van der Waals surface area contributed by atoms with E-state index in [4.69, 9.17) is 4.74 Å². The van der Waals surface area contributed by atoms with E-state index in [1.165, 1.54) is 11.6 Å². The van der Waals surface area contributed by atoms with Crippen molar-refractivity contribution in [2.24, 2.45) is 0 Å². The third-order valence-electron chi connectivity index (χ3n) is 4.43. The zero-order valence-corrected chi connectivity index (χ0v) is 16.8. The van der Waals surface area contributed by atoms with E-state index < -0.39 is 0 Å². The minimum atomic E-state index is -0.357. The van der Waals surface area contributed by atoms with Crippen molar-refractivity contribution in [1.29, 1.82) is 0 Å². The fourth-order valence-corrected chi connectivity index (χ4v) is 2.61. The molecule has 1 N–H and O–H groups in total. The van der Waals surface area contributed by atoms with Gasteiger partial charge in [0.15, 0.2) is 0 Å². The highest BCUT2D eigenvalue weighted by Crippen LogP contribution is 2.11. The minimum absolute atomic E-state index is 0.227. The lowest BCUT2D eigenvalue weighted by Gasteiger charge is -2.17. The van der Waals surface area contributed by atoms with Gasteiger partial charge in [-0.25, -0.2) is 4.79 Å². The Balaban J connectivity index is 1.83. The van der Waals surface area contributed by atoms with Crippen molar-refractivity contribution in [2.75, 3.05) is 31.6 Å². The van der Waals surface area contributed by atoms with Gasteiger partial charge in [0.05, 0.1) is 5.56 Å². The quantitative estimate of drug-likeness (QED) is 0.525. The molecule has 0 heterocycles. The zero-order valence-electron chi connectivity index (χ0n) is 16.8. The van der Waals surface area contributed by atoms with Crippen LogP contribution in [0.4, 0.5) is 5.69 Å². The summed E-state index contributed by atoms with van der Waals surface area (Å²) < 4.78 is 5.30. The summed E-state index contributed by atoms with van der Waals surface area (Å²) in [4.78, 5) is 26.3. The van der Waals surface area contributed by atoms with Crippen LogP contribution in [0.1, 0.15) is 35.3 Å². The van der Waals surface area contributed by atoms with Gasteiger partial charge in [0.1, 0.15) is 6.61 Å². The SMILES string of the molecule is CCN(CC)CCOC(=O)c1ccc(NC(=O)/C=C/c2ccc(C)cc2)cc1. The first-order valence-corrected chi connectivity index (χ1v) is 9.57. The van der Waals surface area contributed by atoms with Crippen LogP contribution in [0.3, 0.4) is 0 Å². The molecular weight excluding hydrogens is 352 g/mol. The average molecular weight is 380 g/mol. The normalized spacial score (nSPS) is 11.0. The van der Waals surface area contributed by atoms with Gasteiger partial charge in [-0.2, -0.15) is 0 Å². The Kier molecular flexibility index (Phi) is 8.43. The molecule has 0 aliphatic heterocycles. The first kappa shape index (κ1) is 21.4. The van der Waals surface area contributed by atoms with Crippen LogP contribution in [0.5, 0.6) is 0 Å². The Morgan fingerprint density at radius 2 is 1.64 bits per heavy atom.